The molecule has 0 spiro atoms. The second-order valence-electron chi connectivity index (χ2n) is 7.30. The number of benzene rings is 1. The maximum absolute atomic E-state index is 11.7. The van der Waals surface area contributed by atoms with Crippen LogP contribution in [0, 0.1) is 18.3 Å². The van der Waals surface area contributed by atoms with Crippen LogP contribution in [0.1, 0.15) is 48.4 Å². The van der Waals surface area contributed by atoms with E-state index in [0.717, 1.165) is 0 Å². The quantitative estimate of drug-likeness (QED) is 0.251. The molecule has 1 amide bonds. The van der Waals surface area contributed by atoms with Crippen molar-refractivity contribution in [3.63, 3.8) is 0 Å². The predicted octanol–water partition coefficient (Wildman–Crippen LogP) is -5.41. The first kappa shape index (κ1) is 34.8. The van der Waals surface area contributed by atoms with Gasteiger partial charge in [-0.3, -0.25) is 0 Å². The Morgan fingerprint density at radius 3 is 2.62 bits per heavy atom. The Morgan fingerprint density at radius 1 is 1.43 bits per heavy atom. The van der Waals surface area contributed by atoms with Crippen molar-refractivity contribution >= 4 is 40.7 Å². The molecular formula is C21H20ClCs2N7O6. The molecule has 184 valence electrons. The predicted molar refractivity (Wildman–Crippen MR) is 118 cm³/mol. The number of hydrogen-bond acceptors (Lipinski definition) is 11. The number of nitrogens with two attached hydrogens (primary N) is 1. The average Bonchev–Trinajstić information content (AvgIpc) is 3.37. The third kappa shape index (κ3) is 7.93. The summed E-state index contributed by atoms with van der Waals surface area (Å²) < 4.78 is 13.0. The molecule has 16 heteroatoms. The monoisotopic (exact) mass is 767 g/mol. The first-order chi connectivity index (χ1) is 16.6. The van der Waals surface area contributed by atoms with Crippen molar-refractivity contribution in [3.8, 4) is 11.8 Å². The Morgan fingerprint density at radius 2 is 2.08 bits per heavy atom. The molecule has 3 heterocycles. The summed E-state index contributed by atoms with van der Waals surface area (Å²) in [6.45, 7) is 6.11. The molecule has 1 aliphatic heterocycles. The summed E-state index contributed by atoms with van der Waals surface area (Å²) in [6, 6.07) is 3.40. The molecule has 1 aromatic carbocycles. The number of nitrogens with one attached hydrogen (secondary N) is 1. The molecule has 0 saturated carbocycles. The molecule has 0 aliphatic carbocycles. The molecule has 3 aromatic rings. The number of carbonyl (C=O) groups excluding carboxylic acids is 2. The van der Waals surface area contributed by atoms with E-state index >= 15 is 0 Å². The standard InChI is InChI=1S/C20H20ClN7O3.CH2O3.2Cs/c1-4-30-17-11(5-13(21)12(6-22)16(17)14-7-24-20(29)31-14)10(3)28-19-15(9(2)27-28)18(23)25-8-26-19;2-1(3)4;;/h5,8,10,14H,4,7H2,1-3H3,(H,24,29)(H2,23,25,26);(H2,2,3,4);;/q;;2*+1/p-2. The van der Waals surface area contributed by atoms with Gasteiger partial charge in [0.05, 0.1) is 46.4 Å². The number of anilines is 1. The van der Waals surface area contributed by atoms with E-state index in [1.165, 1.54) is 6.33 Å². The molecule has 2 aromatic heterocycles. The second-order valence-corrected chi connectivity index (χ2v) is 7.71. The largest absolute Gasteiger partial charge is 1.00 e. The average molecular weight is 768 g/mol. The van der Waals surface area contributed by atoms with Gasteiger partial charge in [-0.25, -0.2) is 19.4 Å². The minimum atomic E-state index is -2.33. The molecular weight excluding hydrogens is 748 g/mol. The number of carbonyl (C=O) groups is 2. The Hall–Kier alpha value is -0.206. The van der Waals surface area contributed by atoms with Gasteiger partial charge in [-0.15, -0.1) is 0 Å². The SMILES string of the molecule is CCOc1c(C(C)n2nc(C)c3c(N)ncnc32)cc(Cl)c(C#N)c1C1CNC(=O)O1.O=C([O-])[O-].[Cs+].[Cs+]. The van der Waals surface area contributed by atoms with E-state index in [1.807, 2.05) is 20.8 Å². The van der Waals surface area contributed by atoms with E-state index in [-0.39, 0.29) is 161 Å². The molecule has 1 fully saturated rings. The van der Waals surface area contributed by atoms with E-state index in [4.69, 9.17) is 41.8 Å². The summed E-state index contributed by atoms with van der Waals surface area (Å²) in [5, 5.41) is 34.5. The number of nitriles is 1. The summed E-state index contributed by atoms with van der Waals surface area (Å²) in [6.07, 6.45) is -2.22. The number of fused-ring (bicyclic) bond motifs is 1. The fraction of sp³-hybridized carbons (Fsp3) is 0.333. The molecule has 2 atom stereocenters. The Labute approximate surface area is 334 Å². The summed E-state index contributed by atoms with van der Waals surface area (Å²) in [5.41, 5.74) is 8.59. The summed E-state index contributed by atoms with van der Waals surface area (Å²) >= 11 is 6.49. The van der Waals surface area contributed by atoms with Gasteiger partial charge in [0.2, 0.25) is 0 Å². The minimum absolute atomic E-state index is 0. The van der Waals surface area contributed by atoms with Crippen LogP contribution in [0.5, 0.6) is 5.75 Å². The van der Waals surface area contributed by atoms with Crippen LogP contribution in [-0.4, -0.2) is 45.1 Å². The van der Waals surface area contributed by atoms with Crippen molar-refractivity contribution in [2.45, 2.75) is 32.9 Å². The van der Waals surface area contributed by atoms with Gasteiger partial charge in [-0.05, 0) is 33.0 Å². The number of amides is 1. The molecule has 0 bridgehead atoms. The first-order valence-corrected chi connectivity index (χ1v) is 10.6. The minimum Gasteiger partial charge on any atom is -0.652 e. The summed E-state index contributed by atoms with van der Waals surface area (Å²) in [5.74, 6) is 0.772. The Kier molecular flexibility index (Phi) is 14.6. The van der Waals surface area contributed by atoms with E-state index in [9.17, 15) is 10.1 Å². The smallest absolute Gasteiger partial charge is 0.652 e. The number of cyclic esters (lactones) is 1. The van der Waals surface area contributed by atoms with Crippen molar-refractivity contribution in [1.82, 2.24) is 25.1 Å². The molecule has 3 N–H and O–H groups in total. The zero-order valence-electron chi connectivity index (χ0n) is 20.9. The number of nitrogens with zero attached hydrogens (tertiary/aromatic N) is 5. The van der Waals surface area contributed by atoms with Crippen LogP contribution >= 0.6 is 11.6 Å². The zero-order valence-corrected chi connectivity index (χ0v) is 34.2. The maximum Gasteiger partial charge on any atom is 1.00 e. The number of nitrogen functional groups attached to an aromatic ring is 1. The molecule has 2 unspecified atom stereocenters. The fourth-order valence-electron chi connectivity index (χ4n) is 3.83. The number of aromatic nitrogens is 4. The Balaban J connectivity index is 0.00000107. The van der Waals surface area contributed by atoms with E-state index < -0.39 is 18.4 Å². The van der Waals surface area contributed by atoms with Crippen molar-refractivity contribution < 1.29 is 167 Å². The number of carboxylic acid groups (broad SMARTS) is 2. The molecule has 37 heavy (non-hydrogen) atoms. The number of rotatable bonds is 5. The van der Waals surface area contributed by atoms with E-state index in [0.29, 0.717) is 46.0 Å². The third-order valence-electron chi connectivity index (χ3n) is 5.21. The van der Waals surface area contributed by atoms with Gasteiger partial charge in [-0.1, -0.05) is 11.6 Å². The van der Waals surface area contributed by atoms with Gasteiger partial charge in [-0.2, -0.15) is 10.4 Å². The van der Waals surface area contributed by atoms with E-state index in [2.05, 4.69) is 26.5 Å². The van der Waals surface area contributed by atoms with Crippen LogP contribution < -0.4 is 164 Å². The molecule has 4 rings (SSSR count). The van der Waals surface area contributed by atoms with Crippen molar-refractivity contribution in [2.75, 3.05) is 18.9 Å². The fourth-order valence-corrected chi connectivity index (χ4v) is 4.09. The number of hydrogen-bond donors (Lipinski definition) is 2. The van der Waals surface area contributed by atoms with Crippen molar-refractivity contribution in [1.29, 1.82) is 5.26 Å². The molecule has 1 aliphatic rings. The van der Waals surface area contributed by atoms with E-state index in [1.54, 1.807) is 10.7 Å². The zero-order chi connectivity index (χ0) is 25.9. The summed E-state index contributed by atoms with van der Waals surface area (Å²) in [4.78, 5) is 28.4. The topological polar surface area (TPSA) is 204 Å². The molecule has 0 radical (unpaired) electrons. The van der Waals surface area contributed by atoms with Crippen LogP contribution in [-0.2, 0) is 4.74 Å². The van der Waals surface area contributed by atoms with Crippen LogP contribution in [0.25, 0.3) is 11.0 Å². The maximum atomic E-state index is 11.7. The van der Waals surface area contributed by atoms with Gasteiger partial charge in [0.1, 0.15) is 24.0 Å². The number of ether oxygens (including phenoxy) is 2. The van der Waals surface area contributed by atoms with Gasteiger partial charge in [0.25, 0.3) is 0 Å². The van der Waals surface area contributed by atoms with Crippen LogP contribution in [0.15, 0.2) is 12.4 Å². The van der Waals surface area contributed by atoms with Gasteiger partial charge in [0, 0.05) is 5.56 Å². The third-order valence-corrected chi connectivity index (χ3v) is 5.51. The molecule has 13 nitrogen and oxygen atoms in total. The van der Waals surface area contributed by atoms with Crippen molar-refractivity contribution in [3.05, 3.63) is 39.8 Å². The molecule has 1 saturated heterocycles. The number of alkyl carbamates (subject to hydrolysis) is 1. The van der Waals surface area contributed by atoms with Crippen LogP contribution in [0.3, 0.4) is 0 Å². The summed E-state index contributed by atoms with van der Waals surface area (Å²) in [7, 11) is 0. The number of halogens is 1. The number of aryl methyl sites for hydroxylation is 1. The first-order valence-electron chi connectivity index (χ1n) is 10.3. The van der Waals surface area contributed by atoms with Crippen molar-refractivity contribution in [2.24, 2.45) is 0 Å². The normalized spacial score (nSPS) is 14.6. The second kappa shape index (κ2) is 15.5. The van der Waals surface area contributed by atoms with Gasteiger partial charge in [0.15, 0.2) is 11.8 Å². The Bertz CT molecular complexity index is 1340. The van der Waals surface area contributed by atoms with Gasteiger partial charge < -0.3 is 35.5 Å². The van der Waals surface area contributed by atoms with Crippen LogP contribution in [0.4, 0.5) is 15.4 Å². The van der Waals surface area contributed by atoms with Crippen LogP contribution in [0.2, 0.25) is 5.02 Å². The van der Waals surface area contributed by atoms with Gasteiger partial charge >= 0.3 is 144 Å².